The molecule has 2 rings (SSSR count). The van der Waals surface area contributed by atoms with E-state index in [1.165, 1.54) is 5.56 Å². The second-order valence-electron chi connectivity index (χ2n) is 5.23. The predicted octanol–water partition coefficient (Wildman–Crippen LogP) is 2.84. The van der Waals surface area contributed by atoms with E-state index in [2.05, 4.69) is 35.2 Å². The first-order chi connectivity index (χ1) is 9.19. The molecule has 1 aliphatic rings. The minimum Gasteiger partial charge on any atom is -0.392 e. The molecule has 19 heavy (non-hydrogen) atoms. The summed E-state index contributed by atoms with van der Waals surface area (Å²) >= 11 is 1.70. The summed E-state index contributed by atoms with van der Waals surface area (Å²) in [5.41, 5.74) is 1.25. The zero-order valence-corrected chi connectivity index (χ0v) is 12.3. The van der Waals surface area contributed by atoms with Crippen molar-refractivity contribution in [2.24, 2.45) is 0 Å². The quantitative estimate of drug-likeness (QED) is 0.814. The number of β-amino-alcohol motifs (C(OH)–C–C–N with tert-alkyl or cyclic N) is 1. The first-order valence-corrected chi connectivity index (χ1v) is 7.82. The highest BCUT2D eigenvalue weighted by atomic mass is 32.1. The molecule has 1 aliphatic heterocycles. The van der Waals surface area contributed by atoms with Gasteiger partial charge in [-0.05, 0) is 42.2 Å². The van der Waals surface area contributed by atoms with Gasteiger partial charge in [0.1, 0.15) is 0 Å². The lowest BCUT2D eigenvalue weighted by Crippen LogP contribution is -2.45. The SMILES string of the molecule is C=CCCC(O)CN1CC(C)OC(c2ccsc2)C1. The molecule has 0 spiro atoms. The molecular weight excluding hydrogens is 258 g/mol. The molecule has 0 amide bonds. The van der Waals surface area contributed by atoms with Gasteiger partial charge in [0.05, 0.1) is 18.3 Å². The fourth-order valence-corrected chi connectivity index (χ4v) is 3.23. The third kappa shape index (κ3) is 4.42. The number of hydrogen-bond acceptors (Lipinski definition) is 4. The number of nitrogens with zero attached hydrogens (tertiary/aromatic N) is 1. The number of hydrogen-bond donors (Lipinski definition) is 1. The fourth-order valence-electron chi connectivity index (χ4n) is 2.53. The van der Waals surface area contributed by atoms with Crippen molar-refractivity contribution in [3.05, 3.63) is 35.0 Å². The average Bonchev–Trinajstić information content (AvgIpc) is 2.89. The van der Waals surface area contributed by atoms with E-state index in [0.29, 0.717) is 0 Å². The van der Waals surface area contributed by atoms with Crippen LogP contribution >= 0.6 is 11.3 Å². The maximum absolute atomic E-state index is 10.0. The third-order valence-corrected chi connectivity index (χ3v) is 4.13. The van der Waals surface area contributed by atoms with Gasteiger partial charge in [0.15, 0.2) is 0 Å². The van der Waals surface area contributed by atoms with E-state index < -0.39 is 0 Å². The van der Waals surface area contributed by atoms with Crippen molar-refractivity contribution in [3.63, 3.8) is 0 Å². The standard InChI is InChI=1S/C15H23NO2S/c1-3-4-5-14(17)9-16-8-12(2)18-15(10-16)13-6-7-19-11-13/h3,6-7,11-12,14-15,17H,1,4-5,8-10H2,2H3. The van der Waals surface area contributed by atoms with E-state index in [0.717, 1.165) is 32.5 Å². The maximum Gasteiger partial charge on any atom is 0.0964 e. The van der Waals surface area contributed by atoms with Crippen LogP contribution in [-0.4, -0.2) is 41.8 Å². The number of allylic oxidation sites excluding steroid dienone is 1. The molecule has 1 saturated heterocycles. The molecule has 1 aromatic heterocycles. The molecule has 0 radical (unpaired) electrons. The van der Waals surface area contributed by atoms with Crippen LogP contribution in [0.1, 0.15) is 31.4 Å². The summed E-state index contributed by atoms with van der Waals surface area (Å²) < 4.78 is 5.99. The van der Waals surface area contributed by atoms with Gasteiger partial charge in [-0.25, -0.2) is 0 Å². The van der Waals surface area contributed by atoms with Crippen LogP contribution in [0.5, 0.6) is 0 Å². The smallest absolute Gasteiger partial charge is 0.0964 e. The predicted molar refractivity (Wildman–Crippen MR) is 79.5 cm³/mol. The van der Waals surface area contributed by atoms with E-state index in [1.807, 2.05) is 6.08 Å². The summed E-state index contributed by atoms with van der Waals surface area (Å²) in [4.78, 5) is 2.31. The van der Waals surface area contributed by atoms with Crippen molar-refractivity contribution < 1.29 is 9.84 Å². The van der Waals surface area contributed by atoms with Crippen molar-refractivity contribution in [1.82, 2.24) is 4.90 Å². The van der Waals surface area contributed by atoms with Crippen LogP contribution < -0.4 is 0 Å². The van der Waals surface area contributed by atoms with Gasteiger partial charge in [0.2, 0.25) is 0 Å². The first-order valence-electron chi connectivity index (χ1n) is 6.88. The van der Waals surface area contributed by atoms with Gasteiger partial charge in [0.25, 0.3) is 0 Å². The Kier molecular flexibility index (Phi) is 5.58. The lowest BCUT2D eigenvalue weighted by molar-refractivity contribution is -0.0868. The Bertz CT molecular complexity index is 380. The minimum atomic E-state index is -0.272. The summed E-state index contributed by atoms with van der Waals surface area (Å²) in [6, 6.07) is 2.12. The molecule has 0 saturated carbocycles. The molecule has 0 aliphatic carbocycles. The van der Waals surface area contributed by atoms with Gasteiger partial charge < -0.3 is 9.84 Å². The Hall–Kier alpha value is -0.680. The number of rotatable bonds is 6. The molecule has 3 nitrogen and oxygen atoms in total. The van der Waals surface area contributed by atoms with E-state index in [4.69, 9.17) is 4.74 Å². The summed E-state index contributed by atoms with van der Waals surface area (Å²) in [5.74, 6) is 0. The Morgan fingerprint density at radius 3 is 3.16 bits per heavy atom. The summed E-state index contributed by atoms with van der Waals surface area (Å²) in [6.45, 7) is 8.28. The topological polar surface area (TPSA) is 32.7 Å². The number of ether oxygens (including phenoxy) is 1. The normalized spacial score (nSPS) is 26.2. The van der Waals surface area contributed by atoms with Gasteiger partial charge in [-0.1, -0.05) is 6.08 Å². The van der Waals surface area contributed by atoms with Crippen molar-refractivity contribution >= 4 is 11.3 Å². The van der Waals surface area contributed by atoms with Crippen LogP contribution in [-0.2, 0) is 4.74 Å². The third-order valence-electron chi connectivity index (χ3n) is 3.42. The monoisotopic (exact) mass is 281 g/mol. The molecule has 1 fully saturated rings. The van der Waals surface area contributed by atoms with Gasteiger partial charge >= 0.3 is 0 Å². The molecule has 2 heterocycles. The Labute approximate surface area is 119 Å². The fraction of sp³-hybridized carbons (Fsp3) is 0.600. The van der Waals surface area contributed by atoms with Gasteiger partial charge in [-0.15, -0.1) is 6.58 Å². The Morgan fingerprint density at radius 1 is 1.63 bits per heavy atom. The minimum absolute atomic E-state index is 0.140. The van der Waals surface area contributed by atoms with E-state index >= 15 is 0 Å². The van der Waals surface area contributed by atoms with Crippen LogP contribution in [0.15, 0.2) is 29.5 Å². The molecule has 4 heteroatoms. The molecular formula is C15H23NO2S. The highest BCUT2D eigenvalue weighted by Crippen LogP contribution is 2.26. The highest BCUT2D eigenvalue weighted by molar-refractivity contribution is 7.07. The number of aliphatic hydroxyl groups excluding tert-OH is 1. The molecule has 3 unspecified atom stereocenters. The number of morpholine rings is 1. The molecule has 3 atom stereocenters. The van der Waals surface area contributed by atoms with Gasteiger partial charge in [-0.2, -0.15) is 11.3 Å². The van der Waals surface area contributed by atoms with Crippen LogP contribution in [0.3, 0.4) is 0 Å². The van der Waals surface area contributed by atoms with Crippen LogP contribution in [0.4, 0.5) is 0 Å². The Morgan fingerprint density at radius 2 is 2.47 bits per heavy atom. The maximum atomic E-state index is 10.0. The zero-order valence-electron chi connectivity index (χ0n) is 11.5. The zero-order chi connectivity index (χ0) is 13.7. The summed E-state index contributed by atoms with van der Waals surface area (Å²) in [6.07, 6.45) is 3.60. The lowest BCUT2D eigenvalue weighted by Gasteiger charge is -2.37. The van der Waals surface area contributed by atoms with E-state index in [1.54, 1.807) is 11.3 Å². The first kappa shape index (κ1) is 14.7. The van der Waals surface area contributed by atoms with E-state index in [9.17, 15) is 5.11 Å². The number of aliphatic hydroxyl groups is 1. The second kappa shape index (κ2) is 7.20. The van der Waals surface area contributed by atoms with Crippen molar-refractivity contribution in [3.8, 4) is 0 Å². The van der Waals surface area contributed by atoms with Crippen LogP contribution in [0.25, 0.3) is 0 Å². The summed E-state index contributed by atoms with van der Waals surface area (Å²) in [5, 5.41) is 14.2. The molecule has 106 valence electrons. The largest absolute Gasteiger partial charge is 0.392 e. The molecule has 1 N–H and O–H groups in total. The molecule has 0 bridgehead atoms. The van der Waals surface area contributed by atoms with Crippen molar-refractivity contribution in [2.45, 2.75) is 38.1 Å². The van der Waals surface area contributed by atoms with Crippen molar-refractivity contribution in [2.75, 3.05) is 19.6 Å². The highest BCUT2D eigenvalue weighted by Gasteiger charge is 2.27. The van der Waals surface area contributed by atoms with Crippen LogP contribution in [0, 0.1) is 0 Å². The van der Waals surface area contributed by atoms with Crippen molar-refractivity contribution in [1.29, 1.82) is 0 Å². The van der Waals surface area contributed by atoms with E-state index in [-0.39, 0.29) is 18.3 Å². The lowest BCUT2D eigenvalue weighted by atomic mass is 10.1. The van der Waals surface area contributed by atoms with Crippen LogP contribution in [0.2, 0.25) is 0 Å². The van der Waals surface area contributed by atoms with Gasteiger partial charge in [-0.3, -0.25) is 4.90 Å². The molecule has 1 aromatic rings. The second-order valence-corrected chi connectivity index (χ2v) is 6.01. The number of thiophene rings is 1. The summed E-state index contributed by atoms with van der Waals surface area (Å²) in [7, 11) is 0. The Balaban J connectivity index is 1.89. The molecule has 0 aromatic carbocycles. The average molecular weight is 281 g/mol. The van der Waals surface area contributed by atoms with Gasteiger partial charge in [0, 0.05) is 19.6 Å².